The molecule has 0 aliphatic rings. The second-order valence-corrected chi connectivity index (χ2v) is 6.73. The molecule has 0 saturated heterocycles. The van der Waals surface area contributed by atoms with Crippen molar-refractivity contribution in [2.24, 2.45) is 4.99 Å². The Bertz CT molecular complexity index is 1110. The van der Waals surface area contributed by atoms with Crippen LogP contribution in [-0.2, 0) is 9.47 Å². The number of rotatable bonds is 6. The lowest BCUT2D eigenvalue weighted by Gasteiger charge is -2.11. The largest absolute Gasteiger partial charge is 0.465 e. The summed E-state index contributed by atoms with van der Waals surface area (Å²) in [6, 6.07) is 16.3. The maximum atomic E-state index is 12.1. The van der Waals surface area contributed by atoms with Crippen LogP contribution in [-0.4, -0.2) is 36.4 Å². The summed E-state index contributed by atoms with van der Waals surface area (Å²) in [5, 5.41) is 0. The summed E-state index contributed by atoms with van der Waals surface area (Å²) in [6.07, 6.45) is 1.77. The van der Waals surface area contributed by atoms with Gasteiger partial charge in [0.2, 0.25) is 0 Å². The van der Waals surface area contributed by atoms with Crippen LogP contribution >= 0.6 is 0 Å². The molecule has 0 unspecified atom stereocenters. The number of aliphatic imine (C=N–C) groups is 1. The van der Waals surface area contributed by atoms with Crippen molar-refractivity contribution in [1.82, 2.24) is 4.57 Å². The number of aromatic nitrogens is 1. The van der Waals surface area contributed by atoms with Gasteiger partial charge in [0.1, 0.15) is 0 Å². The summed E-state index contributed by atoms with van der Waals surface area (Å²) < 4.78 is 11.9. The maximum absolute atomic E-state index is 12.1. The first-order valence-electron chi connectivity index (χ1n) is 9.63. The van der Waals surface area contributed by atoms with Gasteiger partial charge in [-0.3, -0.25) is 4.99 Å². The second kappa shape index (κ2) is 9.22. The van der Waals surface area contributed by atoms with Crippen LogP contribution in [0.15, 0.2) is 59.6 Å². The van der Waals surface area contributed by atoms with E-state index in [2.05, 4.69) is 9.56 Å². The Kier molecular flexibility index (Phi) is 6.47. The Labute approximate surface area is 175 Å². The minimum Gasteiger partial charge on any atom is -0.465 e. The molecule has 3 aromatic rings. The van der Waals surface area contributed by atoms with Gasteiger partial charge < -0.3 is 14.0 Å². The molecule has 2 aromatic carbocycles. The second-order valence-electron chi connectivity index (χ2n) is 6.73. The number of esters is 2. The van der Waals surface area contributed by atoms with Gasteiger partial charge in [0.25, 0.3) is 0 Å². The minimum atomic E-state index is -0.397. The molecule has 154 valence electrons. The number of hydrogen-bond donors (Lipinski definition) is 0. The zero-order valence-electron chi connectivity index (χ0n) is 17.5. The van der Waals surface area contributed by atoms with Crippen molar-refractivity contribution in [3.63, 3.8) is 0 Å². The summed E-state index contributed by atoms with van der Waals surface area (Å²) in [5.41, 5.74) is 5.44. The molecule has 0 aliphatic carbocycles. The minimum absolute atomic E-state index is 0.336. The van der Waals surface area contributed by atoms with E-state index in [-0.39, 0.29) is 5.97 Å². The number of hydrogen-bond acceptors (Lipinski definition) is 5. The van der Waals surface area contributed by atoms with Gasteiger partial charge in [0, 0.05) is 28.9 Å². The van der Waals surface area contributed by atoms with E-state index in [0.29, 0.717) is 23.4 Å². The van der Waals surface area contributed by atoms with E-state index in [9.17, 15) is 9.59 Å². The highest BCUT2D eigenvalue weighted by Crippen LogP contribution is 2.22. The monoisotopic (exact) mass is 404 g/mol. The van der Waals surface area contributed by atoms with Crippen LogP contribution in [0.4, 0.5) is 5.69 Å². The fourth-order valence-corrected chi connectivity index (χ4v) is 3.28. The molecule has 0 aliphatic heterocycles. The van der Waals surface area contributed by atoms with E-state index < -0.39 is 5.97 Å². The molecule has 0 amide bonds. The van der Waals surface area contributed by atoms with Gasteiger partial charge in [0.15, 0.2) is 0 Å². The van der Waals surface area contributed by atoms with Crippen molar-refractivity contribution in [2.75, 3.05) is 13.7 Å². The van der Waals surface area contributed by atoms with Crippen LogP contribution in [0.1, 0.15) is 44.6 Å². The molecule has 30 heavy (non-hydrogen) atoms. The molecule has 1 heterocycles. The lowest BCUT2D eigenvalue weighted by Crippen LogP contribution is -2.06. The fourth-order valence-electron chi connectivity index (χ4n) is 3.28. The average molecular weight is 404 g/mol. The maximum Gasteiger partial charge on any atom is 0.338 e. The highest BCUT2D eigenvalue weighted by molar-refractivity contribution is 5.91. The molecule has 6 nitrogen and oxygen atoms in total. The van der Waals surface area contributed by atoms with Gasteiger partial charge in [-0.05, 0) is 63.2 Å². The Balaban J connectivity index is 1.92. The number of carbonyl (C=O) groups excluding carboxylic acids is 2. The predicted molar refractivity (Wildman–Crippen MR) is 116 cm³/mol. The highest BCUT2D eigenvalue weighted by atomic mass is 16.5. The fraction of sp³-hybridized carbons (Fsp3) is 0.208. The van der Waals surface area contributed by atoms with E-state index >= 15 is 0 Å². The van der Waals surface area contributed by atoms with Gasteiger partial charge in [-0.1, -0.05) is 12.1 Å². The third-order valence-electron chi connectivity index (χ3n) is 4.71. The van der Waals surface area contributed by atoms with Crippen LogP contribution in [0.5, 0.6) is 0 Å². The Morgan fingerprint density at radius 2 is 1.70 bits per heavy atom. The van der Waals surface area contributed by atoms with Crippen LogP contribution in [0.25, 0.3) is 5.69 Å². The van der Waals surface area contributed by atoms with Crippen molar-refractivity contribution in [3.8, 4) is 5.69 Å². The SMILES string of the molecule is CCOC(=O)c1cccc(-n2c(C)cc(C=Nc3cccc(C(=O)OC)c3)c2C)c1. The van der Waals surface area contributed by atoms with E-state index in [1.165, 1.54) is 7.11 Å². The number of aryl methyl sites for hydroxylation is 1. The molecule has 0 spiro atoms. The molecule has 0 radical (unpaired) electrons. The quantitative estimate of drug-likeness (QED) is 0.437. The normalized spacial score (nSPS) is 10.9. The number of ether oxygens (including phenoxy) is 2. The van der Waals surface area contributed by atoms with E-state index in [1.54, 1.807) is 37.4 Å². The molecule has 3 rings (SSSR count). The smallest absolute Gasteiger partial charge is 0.338 e. The topological polar surface area (TPSA) is 69.9 Å². The Morgan fingerprint density at radius 3 is 2.40 bits per heavy atom. The first-order valence-corrected chi connectivity index (χ1v) is 9.63. The summed E-state index contributed by atoms with van der Waals surface area (Å²) in [5.74, 6) is -0.735. The van der Waals surface area contributed by atoms with Gasteiger partial charge in [-0.25, -0.2) is 9.59 Å². The zero-order chi connectivity index (χ0) is 21.7. The van der Waals surface area contributed by atoms with Crippen LogP contribution in [0.3, 0.4) is 0 Å². The molecule has 0 atom stereocenters. The number of carbonyl (C=O) groups is 2. The van der Waals surface area contributed by atoms with Gasteiger partial charge in [-0.2, -0.15) is 0 Å². The zero-order valence-corrected chi connectivity index (χ0v) is 17.5. The molecule has 6 heteroatoms. The summed E-state index contributed by atoms with van der Waals surface area (Å²) in [6.45, 7) is 6.12. The average Bonchev–Trinajstić information content (AvgIpc) is 3.05. The third-order valence-corrected chi connectivity index (χ3v) is 4.71. The molecule has 0 saturated carbocycles. The van der Waals surface area contributed by atoms with Gasteiger partial charge in [0.05, 0.1) is 30.5 Å². The van der Waals surface area contributed by atoms with Crippen molar-refractivity contribution in [2.45, 2.75) is 20.8 Å². The van der Waals surface area contributed by atoms with Crippen molar-refractivity contribution >= 4 is 23.8 Å². The number of nitrogens with zero attached hydrogens (tertiary/aromatic N) is 2. The molecule has 0 fully saturated rings. The third kappa shape index (κ3) is 4.49. The predicted octanol–water partition coefficient (Wildman–Crippen LogP) is 4.81. The van der Waals surface area contributed by atoms with E-state index in [1.807, 2.05) is 44.2 Å². The standard InChI is InChI=1S/C24H24N2O4/c1-5-30-24(28)19-9-7-11-22(14-19)26-16(2)12-20(17(26)3)15-25-21-10-6-8-18(13-21)23(27)29-4/h6-15H,5H2,1-4H3. The van der Waals surface area contributed by atoms with Crippen molar-refractivity contribution in [3.05, 3.63) is 82.7 Å². The molecular weight excluding hydrogens is 380 g/mol. The highest BCUT2D eigenvalue weighted by Gasteiger charge is 2.13. The molecular formula is C24H24N2O4. The first-order chi connectivity index (χ1) is 14.4. The van der Waals surface area contributed by atoms with Gasteiger partial charge in [-0.15, -0.1) is 0 Å². The number of benzene rings is 2. The van der Waals surface area contributed by atoms with Crippen LogP contribution < -0.4 is 0 Å². The molecule has 1 aromatic heterocycles. The Hall–Kier alpha value is -3.67. The molecule has 0 bridgehead atoms. The van der Waals surface area contributed by atoms with E-state index in [0.717, 1.165) is 22.6 Å². The molecule has 0 N–H and O–H groups in total. The summed E-state index contributed by atoms with van der Waals surface area (Å²) >= 11 is 0. The van der Waals surface area contributed by atoms with Crippen molar-refractivity contribution < 1.29 is 19.1 Å². The van der Waals surface area contributed by atoms with E-state index in [4.69, 9.17) is 9.47 Å². The Morgan fingerprint density at radius 1 is 1.00 bits per heavy atom. The summed E-state index contributed by atoms with van der Waals surface area (Å²) in [4.78, 5) is 28.3. The van der Waals surface area contributed by atoms with Gasteiger partial charge >= 0.3 is 11.9 Å². The lowest BCUT2D eigenvalue weighted by molar-refractivity contribution is 0.0525. The van der Waals surface area contributed by atoms with Crippen LogP contribution in [0.2, 0.25) is 0 Å². The van der Waals surface area contributed by atoms with Crippen molar-refractivity contribution in [1.29, 1.82) is 0 Å². The van der Waals surface area contributed by atoms with Crippen LogP contribution in [0, 0.1) is 13.8 Å². The lowest BCUT2D eigenvalue weighted by atomic mass is 10.2. The summed E-state index contributed by atoms with van der Waals surface area (Å²) in [7, 11) is 1.35. The first kappa shape index (κ1) is 21.0. The number of methoxy groups -OCH3 is 1.